The molecule has 0 unspecified atom stereocenters. The molecule has 6 aliphatic heterocycles. The number of ketones is 1. The van der Waals surface area contributed by atoms with Crippen molar-refractivity contribution in [2.75, 3.05) is 13.7 Å². The topological polar surface area (TPSA) is 189 Å². The summed E-state index contributed by atoms with van der Waals surface area (Å²) in [4.78, 5) is 24.8. The van der Waals surface area contributed by atoms with Gasteiger partial charge in [0.2, 0.25) is 0 Å². The van der Waals surface area contributed by atoms with Crippen LogP contribution in [0.25, 0.3) is 0 Å². The van der Waals surface area contributed by atoms with Crippen LogP contribution in [0.5, 0.6) is 0 Å². The Labute approximate surface area is 363 Å². The SMILES string of the molecule is CO[C@H]1CC[C@@H](O[C@H]2C[C@H]([C@]3(C)CC[C@]4(C[C@H](O)[C@@H](C)[C@@H]([C@@H](C)/C=C(/C)C(=O)[C@H](C)C[C@H](C)C(=O)O)O4)O3)O[C@]3(O[C@@H]([C@H]4O[C@@](O)(CO)[C@H](C)C[C@@H]4C)C[C@@H]3C)[C@@H]2C)O[C@@H]1C. The van der Waals surface area contributed by atoms with Crippen LogP contribution in [0.4, 0.5) is 0 Å². The summed E-state index contributed by atoms with van der Waals surface area (Å²) in [7, 11) is 1.70. The second kappa shape index (κ2) is 18.7. The van der Waals surface area contributed by atoms with Crippen molar-refractivity contribution in [3.63, 3.8) is 0 Å². The van der Waals surface area contributed by atoms with Gasteiger partial charge in [0.15, 0.2) is 29.4 Å². The number of carboxylic acids is 1. The van der Waals surface area contributed by atoms with Gasteiger partial charge in [-0.15, -0.1) is 0 Å². The van der Waals surface area contributed by atoms with Gasteiger partial charge in [-0.3, -0.25) is 9.59 Å². The highest BCUT2D eigenvalue weighted by Crippen LogP contribution is 2.56. The highest BCUT2D eigenvalue weighted by Gasteiger charge is 2.65. The van der Waals surface area contributed by atoms with Crippen LogP contribution < -0.4 is 0 Å². The lowest BCUT2D eigenvalue weighted by atomic mass is 9.76. The van der Waals surface area contributed by atoms with E-state index in [1.807, 2.05) is 33.8 Å². The zero-order valence-electron chi connectivity index (χ0n) is 38.8. The van der Waals surface area contributed by atoms with Crippen LogP contribution >= 0.6 is 0 Å². The number of carbonyl (C=O) groups is 2. The van der Waals surface area contributed by atoms with Gasteiger partial charge in [0.25, 0.3) is 0 Å². The van der Waals surface area contributed by atoms with Gasteiger partial charge in [0, 0.05) is 68.3 Å². The van der Waals surface area contributed by atoms with Crippen LogP contribution in [0.2, 0.25) is 0 Å². The molecule has 6 heterocycles. The van der Waals surface area contributed by atoms with Gasteiger partial charge in [0.1, 0.15) is 0 Å². The van der Waals surface area contributed by atoms with Crippen LogP contribution in [0.3, 0.4) is 0 Å². The fraction of sp³-hybridized carbons (Fsp3) is 0.915. The van der Waals surface area contributed by atoms with Crippen molar-refractivity contribution in [2.45, 2.75) is 212 Å². The average Bonchev–Trinajstić information content (AvgIpc) is 3.71. The largest absolute Gasteiger partial charge is 0.481 e. The number of aliphatic hydroxyl groups is 3. The van der Waals surface area contributed by atoms with E-state index in [0.29, 0.717) is 44.1 Å². The molecule has 350 valence electrons. The second-order valence-electron chi connectivity index (χ2n) is 20.6. The van der Waals surface area contributed by atoms with Crippen molar-refractivity contribution in [2.24, 2.45) is 47.3 Å². The Balaban J connectivity index is 1.24. The molecule has 0 saturated carbocycles. The highest BCUT2D eigenvalue weighted by molar-refractivity contribution is 5.96. The molecule has 0 aliphatic carbocycles. The van der Waals surface area contributed by atoms with E-state index < -0.39 is 84.2 Å². The predicted octanol–water partition coefficient (Wildman–Crippen LogP) is 6.15. The van der Waals surface area contributed by atoms with Crippen molar-refractivity contribution in [1.29, 1.82) is 0 Å². The van der Waals surface area contributed by atoms with E-state index in [4.69, 9.17) is 37.9 Å². The zero-order valence-corrected chi connectivity index (χ0v) is 38.8. The number of aliphatic hydroxyl groups excluding tert-OH is 2. The van der Waals surface area contributed by atoms with Crippen molar-refractivity contribution in [1.82, 2.24) is 0 Å². The van der Waals surface area contributed by atoms with Gasteiger partial charge in [-0.25, -0.2) is 0 Å². The van der Waals surface area contributed by atoms with Gasteiger partial charge >= 0.3 is 5.97 Å². The van der Waals surface area contributed by atoms with Crippen molar-refractivity contribution in [3.05, 3.63) is 11.6 Å². The van der Waals surface area contributed by atoms with Crippen LogP contribution in [-0.2, 0) is 47.5 Å². The molecular weight excluding hydrogens is 789 g/mol. The van der Waals surface area contributed by atoms with Gasteiger partial charge in [-0.1, -0.05) is 61.5 Å². The summed E-state index contributed by atoms with van der Waals surface area (Å²) in [6.07, 6.45) is 3.25. The molecule has 2 spiro atoms. The molecule has 0 aromatic rings. The summed E-state index contributed by atoms with van der Waals surface area (Å²) in [5.74, 6) is -7.01. The lowest BCUT2D eigenvalue weighted by molar-refractivity contribution is -0.390. The van der Waals surface area contributed by atoms with E-state index in [-0.39, 0.29) is 72.4 Å². The van der Waals surface area contributed by atoms with Crippen molar-refractivity contribution in [3.8, 4) is 0 Å². The van der Waals surface area contributed by atoms with Crippen molar-refractivity contribution >= 4 is 11.8 Å². The first-order valence-electron chi connectivity index (χ1n) is 23.2. The van der Waals surface area contributed by atoms with Gasteiger partial charge in [0.05, 0.1) is 67.0 Å². The first-order valence-corrected chi connectivity index (χ1v) is 23.2. The number of aliphatic carboxylic acids is 1. The molecule has 4 N–H and O–H groups in total. The highest BCUT2D eigenvalue weighted by atomic mass is 16.8. The van der Waals surface area contributed by atoms with E-state index in [2.05, 4.69) is 27.7 Å². The van der Waals surface area contributed by atoms with Gasteiger partial charge in [-0.05, 0) is 64.4 Å². The molecule has 6 fully saturated rings. The minimum absolute atomic E-state index is 0.0130. The average molecular weight is 867 g/mol. The molecule has 6 rings (SSSR count). The van der Waals surface area contributed by atoms with E-state index in [9.17, 15) is 30.0 Å². The van der Waals surface area contributed by atoms with Crippen LogP contribution in [0, 0.1) is 47.3 Å². The summed E-state index contributed by atoms with van der Waals surface area (Å²) in [5, 5.41) is 42.5. The number of carboxylic acid groups (broad SMARTS) is 1. The Kier molecular flexibility index (Phi) is 15.0. The van der Waals surface area contributed by atoms with Crippen molar-refractivity contribution < 1.29 is 67.9 Å². The molecule has 0 aromatic carbocycles. The monoisotopic (exact) mass is 867 g/mol. The fourth-order valence-corrected chi connectivity index (χ4v) is 11.8. The predicted molar refractivity (Wildman–Crippen MR) is 224 cm³/mol. The number of hydrogen-bond donors (Lipinski definition) is 4. The van der Waals surface area contributed by atoms with E-state index >= 15 is 0 Å². The molecule has 14 heteroatoms. The van der Waals surface area contributed by atoms with Crippen LogP contribution in [0.1, 0.15) is 134 Å². The molecule has 61 heavy (non-hydrogen) atoms. The number of hydrogen-bond acceptors (Lipinski definition) is 13. The molecule has 21 atom stereocenters. The minimum Gasteiger partial charge on any atom is -0.481 e. The van der Waals surface area contributed by atoms with E-state index in [1.165, 1.54) is 0 Å². The standard InChI is InChI=1S/C47H78O14/c1-24(40(50)25(2)18-28(5)43(51)52)17-26(3)41-31(8)34(49)22-45(59-41)16-15-44(11,61-45)38-21-36(56-39-14-13-35(54-12)33(10)55-39)32(9)47(58-38)30(7)20-37(57-47)42-27(4)19-29(6)46(53,23-48)60-42/h17,25-39,41-42,48-49,53H,13-16,18-23H2,1-12H3,(H,51,52)/b24-17-/t25-,26+,27+,28+,29-,30+,31-,32-,33-,34+,35+,36+,37-,38-,39-,41-,42+,44+,45-,46+,47+/m1/s1. The Morgan fingerprint density at radius 3 is 2.25 bits per heavy atom. The summed E-state index contributed by atoms with van der Waals surface area (Å²) in [6, 6.07) is 0. The second-order valence-corrected chi connectivity index (χ2v) is 20.6. The van der Waals surface area contributed by atoms with Crippen LogP contribution in [0.15, 0.2) is 11.6 Å². The third kappa shape index (κ3) is 9.71. The molecule has 0 bridgehead atoms. The normalized spacial score (nSPS) is 48.6. The number of rotatable bonds is 13. The number of ether oxygens (including phenoxy) is 8. The first kappa shape index (κ1) is 48.9. The molecule has 0 amide bonds. The third-order valence-electron chi connectivity index (χ3n) is 15.9. The van der Waals surface area contributed by atoms with E-state index in [0.717, 1.165) is 6.42 Å². The Hall–Kier alpha value is -1.56. The number of Topliss-reactive ketones (excluding diaryl/α,β-unsaturated/α-hetero) is 1. The molecule has 6 saturated heterocycles. The Morgan fingerprint density at radius 2 is 1.61 bits per heavy atom. The summed E-state index contributed by atoms with van der Waals surface area (Å²) < 4.78 is 53.9. The zero-order chi connectivity index (χ0) is 45.0. The smallest absolute Gasteiger partial charge is 0.306 e. The fourth-order valence-electron chi connectivity index (χ4n) is 11.8. The van der Waals surface area contributed by atoms with E-state index in [1.54, 1.807) is 27.9 Å². The van der Waals surface area contributed by atoms with Crippen LogP contribution in [-0.4, -0.2) is 124 Å². The maximum absolute atomic E-state index is 13.4. The molecule has 0 radical (unpaired) electrons. The summed E-state index contributed by atoms with van der Waals surface area (Å²) in [6.45, 7) is 20.9. The minimum atomic E-state index is -1.66. The quantitative estimate of drug-likeness (QED) is 0.154. The summed E-state index contributed by atoms with van der Waals surface area (Å²) >= 11 is 0. The third-order valence-corrected chi connectivity index (χ3v) is 15.9. The maximum Gasteiger partial charge on any atom is 0.306 e. The Morgan fingerprint density at radius 1 is 0.902 bits per heavy atom. The summed E-state index contributed by atoms with van der Waals surface area (Å²) in [5.41, 5.74) is -0.326. The molecule has 14 nitrogen and oxygen atoms in total. The lowest BCUT2D eigenvalue weighted by Crippen LogP contribution is -2.63. The number of carbonyl (C=O) groups excluding carboxylic acids is 1. The lowest BCUT2D eigenvalue weighted by Gasteiger charge is -2.54. The number of methoxy groups -OCH3 is 1. The molecular formula is C47H78O14. The maximum atomic E-state index is 13.4. The molecule has 0 aromatic heterocycles. The Bertz CT molecular complexity index is 1570. The number of allylic oxidation sites excluding steroid dienone is 1. The molecule has 6 aliphatic rings. The first-order chi connectivity index (χ1) is 28.5. The van der Waals surface area contributed by atoms with Gasteiger partial charge < -0.3 is 58.3 Å². The van der Waals surface area contributed by atoms with Gasteiger partial charge in [-0.2, -0.15) is 0 Å².